The topological polar surface area (TPSA) is 58.2 Å². The van der Waals surface area contributed by atoms with Crippen LogP contribution < -0.4 is 10.9 Å². The normalized spacial score (nSPS) is 10.7. The van der Waals surface area contributed by atoms with Crippen molar-refractivity contribution < 1.29 is 9.59 Å². The lowest BCUT2D eigenvalue weighted by atomic mass is 9.90. The van der Waals surface area contributed by atoms with Crippen LogP contribution in [0.2, 0.25) is 10.0 Å². The Morgan fingerprint density at radius 3 is 2.04 bits per heavy atom. The highest BCUT2D eigenvalue weighted by molar-refractivity contribution is 7.99. The summed E-state index contributed by atoms with van der Waals surface area (Å²) < 4.78 is 0. The summed E-state index contributed by atoms with van der Waals surface area (Å²) in [7, 11) is 0. The highest BCUT2D eigenvalue weighted by atomic mass is 35.5. The van der Waals surface area contributed by atoms with Gasteiger partial charge in [-0.05, 0) is 86.2 Å². The van der Waals surface area contributed by atoms with Gasteiger partial charge in [0.15, 0.2) is 0 Å². The summed E-state index contributed by atoms with van der Waals surface area (Å²) in [5.74, 6) is 0.208. The second kappa shape index (κ2) is 9.68. The third-order valence-corrected chi connectivity index (χ3v) is 6.63. The quantitative estimate of drug-likeness (QED) is 0.628. The van der Waals surface area contributed by atoms with E-state index in [1.165, 1.54) is 57.3 Å². The van der Waals surface area contributed by atoms with Crippen molar-refractivity contribution in [2.75, 3.05) is 5.75 Å². The number of carbonyl (C=O) groups is 2. The highest BCUT2D eigenvalue weighted by Gasteiger charge is 2.14. The maximum Gasteiger partial charge on any atom is 0.271 e. The first kappa shape index (κ1) is 22.6. The maximum atomic E-state index is 12.1. The summed E-state index contributed by atoms with van der Waals surface area (Å²) in [6.07, 6.45) is 0. The lowest BCUT2D eigenvalue weighted by molar-refractivity contribution is -0.119. The Morgan fingerprint density at radius 1 is 0.893 bits per heavy atom. The van der Waals surface area contributed by atoms with Gasteiger partial charge in [-0.2, -0.15) is 0 Å². The number of nitrogens with one attached hydrogen (secondary N) is 2. The number of hydrogen-bond acceptors (Lipinski definition) is 3. The smallest absolute Gasteiger partial charge is 0.271 e. The van der Waals surface area contributed by atoms with E-state index in [0.717, 1.165) is 5.75 Å². The fraction of sp³-hybridized carbons (Fsp3) is 0.333. The van der Waals surface area contributed by atoms with Crippen LogP contribution in [-0.2, 0) is 10.5 Å². The van der Waals surface area contributed by atoms with Gasteiger partial charge in [-0.25, -0.2) is 0 Å². The molecule has 2 aromatic carbocycles. The van der Waals surface area contributed by atoms with Crippen molar-refractivity contribution in [1.29, 1.82) is 0 Å². The first-order chi connectivity index (χ1) is 13.1. The molecule has 0 unspecified atom stereocenters. The van der Waals surface area contributed by atoms with Gasteiger partial charge in [-0.1, -0.05) is 23.2 Å². The standard InChI is InChI=1S/C21H24Cl2N2O2S/c1-11-12(2)14(4)18(15(5)13(11)3)9-28-10-20(26)24-25-21(27)17-7-6-16(22)8-19(17)23/h6-8H,9-10H2,1-5H3,(H,24,26)(H,25,27). The van der Waals surface area contributed by atoms with E-state index in [4.69, 9.17) is 23.2 Å². The number of rotatable bonds is 5. The van der Waals surface area contributed by atoms with Crippen molar-refractivity contribution in [3.8, 4) is 0 Å². The van der Waals surface area contributed by atoms with Gasteiger partial charge < -0.3 is 0 Å². The lowest BCUT2D eigenvalue weighted by Crippen LogP contribution is -2.42. The molecule has 0 radical (unpaired) electrons. The van der Waals surface area contributed by atoms with E-state index in [9.17, 15) is 9.59 Å². The number of hydrazine groups is 1. The molecule has 0 saturated carbocycles. The molecule has 0 aliphatic heterocycles. The van der Waals surface area contributed by atoms with Crippen LogP contribution in [0.15, 0.2) is 18.2 Å². The minimum atomic E-state index is -0.489. The molecule has 4 nitrogen and oxygen atoms in total. The first-order valence-corrected chi connectivity index (χ1v) is 10.7. The Bertz CT molecular complexity index is 900. The van der Waals surface area contributed by atoms with E-state index < -0.39 is 5.91 Å². The van der Waals surface area contributed by atoms with Gasteiger partial charge in [0.1, 0.15) is 0 Å². The second-order valence-corrected chi connectivity index (χ2v) is 8.55. The zero-order valence-corrected chi connectivity index (χ0v) is 19.0. The molecule has 2 N–H and O–H groups in total. The summed E-state index contributed by atoms with van der Waals surface area (Å²) in [5.41, 5.74) is 12.8. The van der Waals surface area contributed by atoms with Crippen LogP contribution in [0, 0.1) is 34.6 Å². The van der Waals surface area contributed by atoms with Crippen molar-refractivity contribution >= 4 is 46.8 Å². The zero-order valence-electron chi connectivity index (χ0n) is 16.6. The van der Waals surface area contributed by atoms with E-state index >= 15 is 0 Å². The Kier molecular flexibility index (Phi) is 7.81. The van der Waals surface area contributed by atoms with Crippen molar-refractivity contribution in [1.82, 2.24) is 10.9 Å². The number of thioether (sulfide) groups is 1. The lowest BCUT2D eigenvalue weighted by Gasteiger charge is -2.18. The van der Waals surface area contributed by atoms with E-state index in [-0.39, 0.29) is 22.2 Å². The van der Waals surface area contributed by atoms with Crippen molar-refractivity contribution in [2.45, 2.75) is 40.4 Å². The van der Waals surface area contributed by atoms with Gasteiger partial charge in [-0.3, -0.25) is 20.4 Å². The van der Waals surface area contributed by atoms with Crippen LogP contribution in [0.25, 0.3) is 0 Å². The fourth-order valence-electron chi connectivity index (χ4n) is 2.94. The monoisotopic (exact) mass is 438 g/mol. The van der Waals surface area contributed by atoms with Crippen LogP contribution in [0.3, 0.4) is 0 Å². The highest BCUT2D eigenvalue weighted by Crippen LogP contribution is 2.28. The molecule has 0 aliphatic rings. The average molecular weight is 439 g/mol. The van der Waals surface area contributed by atoms with Gasteiger partial charge in [0.2, 0.25) is 5.91 Å². The van der Waals surface area contributed by atoms with Crippen LogP contribution in [0.1, 0.15) is 43.7 Å². The van der Waals surface area contributed by atoms with E-state index in [1.807, 2.05) is 0 Å². The van der Waals surface area contributed by atoms with E-state index in [1.54, 1.807) is 6.07 Å². The molecule has 2 aromatic rings. The van der Waals surface area contributed by atoms with E-state index in [2.05, 4.69) is 45.5 Å². The molecule has 0 bridgehead atoms. The molecule has 0 heterocycles. The molecule has 2 amide bonds. The third kappa shape index (κ3) is 5.22. The predicted octanol–water partition coefficient (Wildman–Crippen LogP) is 5.23. The van der Waals surface area contributed by atoms with Gasteiger partial charge >= 0.3 is 0 Å². The molecular weight excluding hydrogens is 415 g/mol. The first-order valence-electron chi connectivity index (χ1n) is 8.81. The summed E-state index contributed by atoms with van der Waals surface area (Å²) in [6.45, 7) is 10.7. The Hall–Kier alpha value is -1.69. The predicted molar refractivity (Wildman–Crippen MR) is 118 cm³/mol. The molecule has 7 heteroatoms. The van der Waals surface area contributed by atoms with Crippen LogP contribution in [-0.4, -0.2) is 17.6 Å². The van der Waals surface area contributed by atoms with Gasteiger partial charge in [-0.15, -0.1) is 11.8 Å². The van der Waals surface area contributed by atoms with Crippen LogP contribution >= 0.6 is 35.0 Å². The van der Waals surface area contributed by atoms with Crippen molar-refractivity contribution in [2.24, 2.45) is 0 Å². The summed E-state index contributed by atoms with van der Waals surface area (Å²) in [5, 5.41) is 0.666. The Balaban J connectivity index is 1.89. The summed E-state index contributed by atoms with van der Waals surface area (Å²) in [6, 6.07) is 4.55. The minimum Gasteiger partial charge on any atom is -0.272 e. The average Bonchev–Trinajstić information content (AvgIpc) is 2.65. The maximum absolute atomic E-state index is 12.1. The van der Waals surface area contributed by atoms with Crippen LogP contribution in [0.5, 0.6) is 0 Å². The van der Waals surface area contributed by atoms with Crippen LogP contribution in [0.4, 0.5) is 0 Å². The number of benzene rings is 2. The minimum absolute atomic E-state index is 0.227. The molecule has 0 spiro atoms. The molecule has 0 aromatic heterocycles. The molecular formula is C21H24Cl2N2O2S. The molecule has 28 heavy (non-hydrogen) atoms. The summed E-state index contributed by atoms with van der Waals surface area (Å²) >= 11 is 13.3. The van der Waals surface area contributed by atoms with E-state index in [0.29, 0.717) is 5.02 Å². The third-order valence-electron chi connectivity index (χ3n) is 5.13. The number of carbonyl (C=O) groups excluding carboxylic acids is 2. The van der Waals surface area contributed by atoms with Gasteiger partial charge in [0.05, 0.1) is 16.3 Å². The van der Waals surface area contributed by atoms with Gasteiger partial charge in [0, 0.05) is 10.8 Å². The van der Waals surface area contributed by atoms with Gasteiger partial charge in [0.25, 0.3) is 5.91 Å². The summed E-state index contributed by atoms with van der Waals surface area (Å²) in [4.78, 5) is 24.2. The zero-order chi connectivity index (χ0) is 21.0. The molecule has 2 rings (SSSR count). The Morgan fingerprint density at radius 2 is 1.46 bits per heavy atom. The molecule has 0 aliphatic carbocycles. The largest absolute Gasteiger partial charge is 0.272 e. The fourth-order valence-corrected chi connectivity index (χ4v) is 4.43. The Labute approximate surface area is 180 Å². The second-order valence-electron chi connectivity index (χ2n) is 6.72. The molecule has 0 saturated heterocycles. The molecule has 0 atom stereocenters. The number of halogens is 2. The van der Waals surface area contributed by atoms with Crippen molar-refractivity contribution in [3.63, 3.8) is 0 Å². The molecule has 150 valence electrons. The number of hydrogen-bond donors (Lipinski definition) is 2. The van der Waals surface area contributed by atoms with Crippen molar-refractivity contribution in [3.05, 3.63) is 67.2 Å². The number of amides is 2. The molecule has 0 fully saturated rings. The SMILES string of the molecule is Cc1c(C)c(C)c(CSCC(=O)NNC(=O)c2ccc(Cl)cc2Cl)c(C)c1C.